The SMILES string of the molecule is CCc1ccc(NC(N)=NCC(c2cccc(F)c2)N2CCOCC2)cc1.I. The Hall–Kier alpha value is -1.71. The van der Waals surface area contributed by atoms with Gasteiger partial charge in [0.05, 0.1) is 25.8 Å². The molecule has 1 heterocycles. The van der Waals surface area contributed by atoms with Crippen molar-refractivity contribution in [1.29, 1.82) is 0 Å². The number of nitrogens with one attached hydrogen (secondary N) is 1. The van der Waals surface area contributed by atoms with E-state index in [1.165, 1.54) is 11.6 Å². The zero-order chi connectivity index (χ0) is 19.1. The van der Waals surface area contributed by atoms with E-state index in [1.807, 2.05) is 18.2 Å². The molecule has 1 saturated heterocycles. The predicted molar refractivity (Wildman–Crippen MR) is 123 cm³/mol. The van der Waals surface area contributed by atoms with Gasteiger partial charge in [-0.05, 0) is 41.8 Å². The molecule has 1 fully saturated rings. The lowest BCUT2D eigenvalue weighted by molar-refractivity contribution is 0.0179. The second kappa shape index (κ2) is 11.3. The van der Waals surface area contributed by atoms with Gasteiger partial charge in [0.25, 0.3) is 0 Å². The highest BCUT2D eigenvalue weighted by molar-refractivity contribution is 14.0. The van der Waals surface area contributed by atoms with Gasteiger partial charge in [-0.2, -0.15) is 0 Å². The van der Waals surface area contributed by atoms with Gasteiger partial charge in [0.1, 0.15) is 5.82 Å². The quantitative estimate of drug-likeness (QED) is 0.362. The third-order valence-corrected chi connectivity index (χ3v) is 4.79. The monoisotopic (exact) mass is 498 g/mol. The van der Waals surface area contributed by atoms with Crippen LogP contribution in [0.2, 0.25) is 0 Å². The van der Waals surface area contributed by atoms with Gasteiger partial charge < -0.3 is 15.8 Å². The Morgan fingerprint density at radius 2 is 1.93 bits per heavy atom. The molecule has 2 aromatic carbocycles. The third-order valence-electron chi connectivity index (χ3n) is 4.79. The van der Waals surface area contributed by atoms with E-state index >= 15 is 0 Å². The fraction of sp³-hybridized carbons (Fsp3) is 0.381. The Kier molecular flexibility index (Phi) is 9.14. The molecule has 1 unspecified atom stereocenters. The molecule has 0 spiro atoms. The highest BCUT2D eigenvalue weighted by Gasteiger charge is 2.22. The van der Waals surface area contributed by atoms with E-state index in [0.29, 0.717) is 25.7 Å². The summed E-state index contributed by atoms with van der Waals surface area (Å²) < 4.78 is 19.2. The number of guanidine groups is 1. The maximum atomic E-state index is 13.7. The zero-order valence-electron chi connectivity index (χ0n) is 16.1. The molecule has 5 nitrogen and oxygen atoms in total. The van der Waals surface area contributed by atoms with Crippen molar-refractivity contribution in [2.45, 2.75) is 19.4 Å². The summed E-state index contributed by atoms with van der Waals surface area (Å²) in [4.78, 5) is 6.79. The summed E-state index contributed by atoms with van der Waals surface area (Å²) in [6.07, 6.45) is 0.999. The van der Waals surface area contributed by atoms with Crippen molar-refractivity contribution in [1.82, 2.24) is 4.90 Å². The average Bonchev–Trinajstić information content (AvgIpc) is 2.70. The molecular formula is C21H28FIN4O. The number of benzene rings is 2. The number of halogens is 2. The first kappa shape index (κ1) is 22.6. The van der Waals surface area contributed by atoms with E-state index in [2.05, 4.69) is 34.3 Å². The molecular weight excluding hydrogens is 470 g/mol. The Bertz CT molecular complexity index is 763. The van der Waals surface area contributed by atoms with Crippen LogP contribution in [-0.2, 0) is 11.2 Å². The van der Waals surface area contributed by atoms with Gasteiger partial charge in [0.2, 0.25) is 0 Å². The van der Waals surface area contributed by atoms with Crippen LogP contribution in [-0.4, -0.2) is 43.7 Å². The number of nitrogens with zero attached hydrogens (tertiary/aromatic N) is 2. The van der Waals surface area contributed by atoms with E-state index in [4.69, 9.17) is 10.5 Å². The summed E-state index contributed by atoms with van der Waals surface area (Å²) in [6.45, 7) is 5.51. The Morgan fingerprint density at radius 1 is 1.21 bits per heavy atom. The molecule has 0 radical (unpaired) electrons. The number of hydrogen-bond donors (Lipinski definition) is 2. The number of hydrogen-bond acceptors (Lipinski definition) is 3. The lowest BCUT2D eigenvalue weighted by Gasteiger charge is -2.34. The van der Waals surface area contributed by atoms with Crippen LogP contribution >= 0.6 is 24.0 Å². The molecule has 3 rings (SSSR count). The standard InChI is InChI=1S/C21H27FN4O.HI/c1-2-16-6-8-19(9-7-16)25-21(23)24-15-20(26-10-12-27-13-11-26)17-4-3-5-18(22)14-17;/h3-9,14,20H,2,10-13,15H2,1H3,(H3,23,24,25);1H. The topological polar surface area (TPSA) is 62.9 Å². The molecule has 2 aromatic rings. The Balaban J connectivity index is 0.00000280. The van der Waals surface area contributed by atoms with Gasteiger partial charge in [0, 0.05) is 18.8 Å². The van der Waals surface area contributed by atoms with Crippen molar-refractivity contribution in [2.75, 3.05) is 38.2 Å². The number of nitrogens with two attached hydrogens (primary N) is 1. The number of ether oxygens (including phenoxy) is 1. The van der Waals surface area contributed by atoms with Gasteiger partial charge in [-0.3, -0.25) is 9.89 Å². The van der Waals surface area contributed by atoms with Gasteiger partial charge >= 0.3 is 0 Å². The molecule has 3 N–H and O–H groups in total. The summed E-state index contributed by atoms with van der Waals surface area (Å²) in [5.41, 5.74) is 9.16. The molecule has 28 heavy (non-hydrogen) atoms. The summed E-state index contributed by atoms with van der Waals surface area (Å²) in [5.74, 6) is 0.116. The average molecular weight is 498 g/mol. The van der Waals surface area contributed by atoms with Crippen LogP contribution in [0.3, 0.4) is 0 Å². The van der Waals surface area contributed by atoms with Crippen molar-refractivity contribution in [3.8, 4) is 0 Å². The molecule has 0 saturated carbocycles. The smallest absolute Gasteiger partial charge is 0.193 e. The highest BCUT2D eigenvalue weighted by atomic mass is 127. The molecule has 1 aliphatic heterocycles. The number of aryl methyl sites for hydroxylation is 1. The van der Waals surface area contributed by atoms with Crippen LogP contribution in [0.4, 0.5) is 10.1 Å². The van der Waals surface area contributed by atoms with Crippen molar-refractivity contribution >= 4 is 35.6 Å². The first-order valence-electron chi connectivity index (χ1n) is 9.39. The van der Waals surface area contributed by atoms with Crippen molar-refractivity contribution in [2.24, 2.45) is 10.7 Å². The highest BCUT2D eigenvalue weighted by Crippen LogP contribution is 2.23. The number of morpholine rings is 1. The van der Waals surface area contributed by atoms with Gasteiger partial charge in [-0.15, -0.1) is 24.0 Å². The minimum Gasteiger partial charge on any atom is -0.379 e. The lowest BCUT2D eigenvalue weighted by Crippen LogP contribution is -2.40. The van der Waals surface area contributed by atoms with Crippen LogP contribution in [0.15, 0.2) is 53.5 Å². The second-order valence-corrected chi connectivity index (χ2v) is 6.62. The van der Waals surface area contributed by atoms with Crippen LogP contribution in [0.5, 0.6) is 0 Å². The summed E-state index contributed by atoms with van der Waals surface area (Å²) >= 11 is 0. The zero-order valence-corrected chi connectivity index (χ0v) is 18.4. The number of aliphatic imine (C=N–C) groups is 1. The minimum absolute atomic E-state index is 0. The largest absolute Gasteiger partial charge is 0.379 e. The van der Waals surface area contributed by atoms with Crippen LogP contribution < -0.4 is 11.1 Å². The van der Waals surface area contributed by atoms with E-state index < -0.39 is 0 Å². The third kappa shape index (κ3) is 6.42. The molecule has 1 atom stereocenters. The fourth-order valence-electron chi connectivity index (χ4n) is 3.23. The maximum Gasteiger partial charge on any atom is 0.193 e. The van der Waals surface area contributed by atoms with E-state index in [1.54, 1.807) is 12.1 Å². The molecule has 1 aliphatic rings. The first-order chi connectivity index (χ1) is 13.2. The number of anilines is 1. The molecule has 0 bridgehead atoms. The molecule has 7 heteroatoms. The van der Waals surface area contributed by atoms with E-state index in [9.17, 15) is 4.39 Å². The molecule has 0 amide bonds. The van der Waals surface area contributed by atoms with Gasteiger partial charge in [-0.25, -0.2) is 4.39 Å². The van der Waals surface area contributed by atoms with Crippen molar-refractivity contribution in [3.63, 3.8) is 0 Å². The maximum absolute atomic E-state index is 13.7. The van der Waals surface area contributed by atoms with Crippen LogP contribution in [0.1, 0.15) is 24.1 Å². The molecule has 0 aromatic heterocycles. The van der Waals surface area contributed by atoms with E-state index in [-0.39, 0.29) is 35.8 Å². The molecule has 152 valence electrons. The number of rotatable bonds is 6. The Morgan fingerprint density at radius 3 is 2.57 bits per heavy atom. The normalized spacial score (nSPS) is 16.3. The lowest BCUT2D eigenvalue weighted by atomic mass is 10.0. The van der Waals surface area contributed by atoms with Crippen LogP contribution in [0.25, 0.3) is 0 Å². The van der Waals surface area contributed by atoms with Crippen molar-refractivity contribution < 1.29 is 9.13 Å². The minimum atomic E-state index is -0.239. The van der Waals surface area contributed by atoms with Crippen LogP contribution in [0, 0.1) is 5.82 Å². The molecule has 0 aliphatic carbocycles. The van der Waals surface area contributed by atoms with Gasteiger partial charge in [-0.1, -0.05) is 31.2 Å². The summed E-state index contributed by atoms with van der Waals surface area (Å²) in [5, 5.41) is 3.12. The fourth-order valence-corrected chi connectivity index (χ4v) is 3.23. The second-order valence-electron chi connectivity index (χ2n) is 6.62. The van der Waals surface area contributed by atoms with Crippen molar-refractivity contribution in [3.05, 3.63) is 65.5 Å². The first-order valence-corrected chi connectivity index (χ1v) is 9.39. The van der Waals surface area contributed by atoms with Gasteiger partial charge in [0.15, 0.2) is 5.96 Å². The Labute approximate surface area is 183 Å². The predicted octanol–water partition coefficient (Wildman–Crippen LogP) is 3.81. The van der Waals surface area contributed by atoms with E-state index in [0.717, 1.165) is 30.8 Å². The summed E-state index contributed by atoms with van der Waals surface area (Å²) in [6, 6.07) is 14.8. The summed E-state index contributed by atoms with van der Waals surface area (Å²) in [7, 11) is 0.